The Kier molecular flexibility index (Phi) is 2.65. The van der Waals surface area contributed by atoms with Gasteiger partial charge in [0.1, 0.15) is 0 Å². The molecule has 70 valence electrons. The molecule has 0 aromatic heterocycles. The third-order valence-electron chi connectivity index (χ3n) is 2.66. The molecule has 1 aromatic carbocycles. The largest absolute Gasteiger partial charge is 0.313 e. The van der Waals surface area contributed by atoms with E-state index in [1.54, 1.807) is 0 Å². The number of hydrogen-bond acceptors (Lipinski definition) is 1. The molecule has 1 nitrogen and oxygen atoms in total. The zero-order valence-electron chi connectivity index (χ0n) is 8.16. The van der Waals surface area contributed by atoms with E-state index >= 15 is 0 Å². The second-order valence-corrected chi connectivity index (χ2v) is 3.99. The van der Waals surface area contributed by atoms with Crippen molar-refractivity contribution in [3.63, 3.8) is 0 Å². The molecule has 1 fully saturated rings. The van der Waals surface area contributed by atoms with Gasteiger partial charge < -0.3 is 5.32 Å². The van der Waals surface area contributed by atoms with Crippen LogP contribution < -0.4 is 5.32 Å². The maximum atomic E-state index is 3.55. The summed E-state index contributed by atoms with van der Waals surface area (Å²) >= 11 is 0. The van der Waals surface area contributed by atoms with E-state index in [1.807, 2.05) is 0 Å². The van der Waals surface area contributed by atoms with E-state index in [0.717, 1.165) is 12.6 Å². The van der Waals surface area contributed by atoms with E-state index in [0.29, 0.717) is 5.92 Å². The monoisotopic (exact) mass is 175 g/mol. The van der Waals surface area contributed by atoms with Crippen molar-refractivity contribution in [1.29, 1.82) is 0 Å². The third-order valence-corrected chi connectivity index (χ3v) is 2.66. The van der Waals surface area contributed by atoms with Crippen molar-refractivity contribution < 1.29 is 0 Å². The lowest BCUT2D eigenvalue weighted by Crippen LogP contribution is -2.21. The molecule has 1 atom stereocenters. The summed E-state index contributed by atoms with van der Waals surface area (Å²) in [6.45, 7) is 3.40. The molecule has 1 aromatic rings. The summed E-state index contributed by atoms with van der Waals surface area (Å²) in [6.07, 6.45) is 2.75. The van der Waals surface area contributed by atoms with Crippen LogP contribution in [0.4, 0.5) is 0 Å². The summed E-state index contributed by atoms with van der Waals surface area (Å²) in [5.41, 5.74) is 1.44. The van der Waals surface area contributed by atoms with Gasteiger partial charge in [-0.25, -0.2) is 0 Å². The molecule has 0 spiro atoms. The molecule has 0 bridgehead atoms. The molecular formula is C12H17N. The summed E-state index contributed by atoms with van der Waals surface area (Å²) < 4.78 is 0. The average Bonchev–Trinajstić information content (AvgIpc) is 2.99. The quantitative estimate of drug-likeness (QED) is 0.741. The van der Waals surface area contributed by atoms with Gasteiger partial charge in [0.05, 0.1) is 0 Å². The molecule has 1 N–H and O–H groups in total. The van der Waals surface area contributed by atoms with Crippen LogP contribution in [0.2, 0.25) is 0 Å². The minimum atomic E-state index is 0.641. The molecule has 2 rings (SSSR count). The topological polar surface area (TPSA) is 12.0 Å². The van der Waals surface area contributed by atoms with Crippen molar-refractivity contribution in [3.8, 4) is 0 Å². The SMILES string of the molecule is CC(CNC1CC1)c1ccccc1. The highest BCUT2D eigenvalue weighted by atomic mass is 14.9. The lowest BCUT2D eigenvalue weighted by molar-refractivity contribution is 0.612. The normalized spacial score (nSPS) is 18.5. The van der Waals surface area contributed by atoms with Crippen molar-refractivity contribution >= 4 is 0 Å². The fourth-order valence-corrected chi connectivity index (χ4v) is 1.53. The zero-order chi connectivity index (χ0) is 9.10. The van der Waals surface area contributed by atoms with Gasteiger partial charge in [-0.15, -0.1) is 0 Å². The Bertz CT molecular complexity index is 251. The van der Waals surface area contributed by atoms with Crippen LogP contribution in [-0.4, -0.2) is 12.6 Å². The van der Waals surface area contributed by atoms with Gasteiger partial charge in [-0.2, -0.15) is 0 Å². The van der Waals surface area contributed by atoms with E-state index in [1.165, 1.54) is 18.4 Å². The molecule has 1 aliphatic carbocycles. The lowest BCUT2D eigenvalue weighted by atomic mass is 10.0. The first-order valence-electron chi connectivity index (χ1n) is 5.14. The molecular weight excluding hydrogens is 158 g/mol. The molecule has 1 unspecified atom stereocenters. The number of benzene rings is 1. The van der Waals surface area contributed by atoms with Crippen LogP contribution in [0.3, 0.4) is 0 Å². The maximum absolute atomic E-state index is 3.55. The van der Waals surface area contributed by atoms with Gasteiger partial charge in [-0.3, -0.25) is 0 Å². The van der Waals surface area contributed by atoms with Crippen LogP contribution in [-0.2, 0) is 0 Å². The number of nitrogens with one attached hydrogen (secondary N) is 1. The first kappa shape index (κ1) is 8.76. The van der Waals surface area contributed by atoms with Crippen LogP contribution in [0.15, 0.2) is 30.3 Å². The third kappa shape index (κ3) is 2.56. The first-order chi connectivity index (χ1) is 6.36. The number of hydrogen-bond donors (Lipinski definition) is 1. The Morgan fingerprint density at radius 2 is 2.00 bits per heavy atom. The van der Waals surface area contributed by atoms with E-state index in [9.17, 15) is 0 Å². The number of rotatable bonds is 4. The van der Waals surface area contributed by atoms with Crippen molar-refractivity contribution in [3.05, 3.63) is 35.9 Å². The summed E-state index contributed by atoms with van der Waals surface area (Å²) in [6, 6.07) is 11.5. The fraction of sp³-hybridized carbons (Fsp3) is 0.500. The summed E-state index contributed by atoms with van der Waals surface area (Å²) in [4.78, 5) is 0. The van der Waals surface area contributed by atoms with Crippen molar-refractivity contribution in [2.75, 3.05) is 6.54 Å². The minimum Gasteiger partial charge on any atom is -0.313 e. The van der Waals surface area contributed by atoms with Gasteiger partial charge in [0.2, 0.25) is 0 Å². The highest BCUT2D eigenvalue weighted by molar-refractivity contribution is 5.19. The van der Waals surface area contributed by atoms with Gasteiger partial charge in [0.15, 0.2) is 0 Å². The highest BCUT2D eigenvalue weighted by Crippen LogP contribution is 2.20. The fourth-order valence-electron chi connectivity index (χ4n) is 1.53. The maximum Gasteiger partial charge on any atom is 0.00684 e. The first-order valence-corrected chi connectivity index (χ1v) is 5.14. The van der Waals surface area contributed by atoms with Gasteiger partial charge in [-0.05, 0) is 24.3 Å². The molecule has 1 saturated carbocycles. The molecule has 0 aliphatic heterocycles. The Morgan fingerprint density at radius 1 is 1.31 bits per heavy atom. The Labute approximate surface area is 80.2 Å². The molecule has 1 heteroatoms. The molecule has 0 saturated heterocycles. The lowest BCUT2D eigenvalue weighted by Gasteiger charge is -2.12. The Morgan fingerprint density at radius 3 is 2.62 bits per heavy atom. The van der Waals surface area contributed by atoms with Crippen LogP contribution in [0, 0.1) is 0 Å². The van der Waals surface area contributed by atoms with Gasteiger partial charge in [-0.1, -0.05) is 37.3 Å². The van der Waals surface area contributed by atoms with Crippen LogP contribution >= 0.6 is 0 Å². The molecule has 0 amide bonds. The second-order valence-electron chi connectivity index (χ2n) is 3.99. The molecule has 0 heterocycles. The highest BCUT2D eigenvalue weighted by Gasteiger charge is 2.20. The van der Waals surface area contributed by atoms with E-state index in [4.69, 9.17) is 0 Å². The standard InChI is InChI=1S/C12H17N/c1-10(9-13-12-7-8-12)11-5-3-2-4-6-11/h2-6,10,12-13H,7-9H2,1H3. The molecule has 0 radical (unpaired) electrons. The van der Waals surface area contributed by atoms with Crippen molar-refractivity contribution in [2.45, 2.75) is 31.7 Å². The van der Waals surface area contributed by atoms with E-state index < -0.39 is 0 Å². The van der Waals surface area contributed by atoms with E-state index in [-0.39, 0.29) is 0 Å². The predicted molar refractivity (Wildman–Crippen MR) is 55.9 cm³/mol. The molecule has 13 heavy (non-hydrogen) atoms. The van der Waals surface area contributed by atoms with Gasteiger partial charge in [0.25, 0.3) is 0 Å². The Balaban J connectivity index is 1.85. The molecule has 1 aliphatic rings. The van der Waals surface area contributed by atoms with Crippen molar-refractivity contribution in [1.82, 2.24) is 5.32 Å². The summed E-state index contributed by atoms with van der Waals surface area (Å²) in [5, 5.41) is 3.55. The Hall–Kier alpha value is -0.820. The van der Waals surface area contributed by atoms with Crippen LogP contribution in [0.1, 0.15) is 31.2 Å². The van der Waals surface area contributed by atoms with E-state index in [2.05, 4.69) is 42.6 Å². The smallest absolute Gasteiger partial charge is 0.00684 e. The summed E-state index contributed by atoms with van der Waals surface area (Å²) in [7, 11) is 0. The second kappa shape index (κ2) is 3.93. The predicted octanol–water partition coefficient (Wildman–Crippen LogP) is 2.54. The average molecular weight is 175 g/mol. The summed E-state index contributed by atoms with van der Waals surface area (Å²) in [5.74, 6) is 0.641. The van der Waals surface area contributed by atoms with Crippen molar-refractivity contribution in [2.24, 2.45) is 0 Å². The minimum absolute atomic E-state index is 0.641. The van der Waals surface area contributed by atoms with Crippen LogP contribution in [0.25, 0.3) is 0 Å². The van der Waals surface area contributed by atoms with Crippen LogP contribution in [0.5, 0.6) is 0 Å². The van der Waals surface area contributed by atoms with Gasteiger partial charge >= 0.3 is 0 Å². The zero-order valence-corrected chi connectivity index (χ0v) is 8.16. The van der Waals surface area contributed by atoms with Gasteiger partial charge in [0, 0.05) is 12.6 Å².